The lowest BCUT2D eigenvalue weighted by atomic mass is 10.1. The van der Waals surface area contributed by atoms with Crippen LogP contribution in [0.2, 0.25) is 0 Å². The number of amides is 1. The van der Waals surface area contributed by atoms with Crippen molar-refractivity contribution in [3.63, 3.8) is 0 Å². The Bertz CT molecular complexity index is 1690. The molecule has 0 spiro atoms. The summed E-state index contributed by atoms with van der Waals surface area (Å²) in [6, 6.07) is 7.89. The van der Waals surface area contributed by atoms with Gasteiger partial charge in [-0.2, -0.15) is 16.4 Å². The van der Waals surface area contributed by atoms with Gasteiger partial charge in [0.2, 0.25) is 5.91 Å². The molecule has 10 heteroatoms. The highest BCUT2D eigenvalue weighted by molar-refractivity contribution is 7.08. The summed E-state index contributed by atoms with van der Waals surface area (Å²) >= 11 is 1.65. The predicted octanol–water partition coefficient (Wildman–Crippen LogP) is 5.82. The number of pyridine rings is 3. The molecule has 6 heterocycles. The molecule has 0 aliphatic heterocycles. The molecule has 0 fully saturated rings. The van der Waals surface area contributed by atoms with E-state index in [1.165, 1.54) is 0 Å². The molecule has 6 aromatic heterocycles. The lowest BCUT2D eigenvalue weighted by molar-refractivity contribution is -0.116. The van der Waals surface area contributed by atoms with Crippen molar-refractivity contribution in [2.45, 2.75) is 26.2 Å². The van der Waals surface area contributed by atoms with Gasteiger partial charge in [0.05, 0.1) is 34.8 Å². The smallest absolute Gasteiger partial charge is 0.224 e. The first-order chi connectivity index (χ1) is 17.7. The summed E-state index contributed by atoms with van der Waals surface area (Å²) in [4.78, 5) is 33.6. The number of aromatic nitrogens is 7. The minimum atomic E-state index is -0.0170. The van der Waals surface area contributed by atoms with E-state index in [4.69, 9.17) is 4.98 Å². The van der Waals surface area contributed by atoms with Crippen LogP contribution in [0.5, 0.6) is 0 Å². The lowest BCUT2D eigenvalue weighted by Gasteiger charge is -2.07. The molecule has 36 heavy (non-hydrogen) atoms. The van der Waals surface area contributed by atoms with Crippen molar-refractivity contribution in [2.75, 3.05) is 5.32 Å². The highest BCUT2D eigenvalue weighted by Gasteiger charge is 2.17. The third kappa shape index (κ3) is 4.11. The molecule has 0 unspecified atom stereocenters. The summed E-state index contributed by atoms with van der Waals surface area (Å²) in [7, 11) is 0. The summed E-state index contributed by atoms with van der Waals surface area (Å²) < 4.78 is 0. The van der Waals surface area contributed by atoms with Crippen LogP contribution in [0.4, 0.5) is 5.69 Å². The molecule has 0 radical (unpaired) electrons. The van der Waals surface area contributed by atoms with E-state index in [1.54, 1.807) is 36.1 Å². The van der Waals surface area contributed by atoms with Gasteiger partial charge in [0.25, 0.3) is 0 Å². The number of aromatic amines is 2. The van der Waals surface area contributed by atoms with Crippen LogP contribution >= 0.6 is 11.3 Å². The van der Waals surface area contributed by atoms with Crippen LogP contribution in [0.3, 0.4) is 0 Å². The van der Waals surface area contributed by atoms with Gasteiger partial charge in [-0.25, -0.2) is 9.97 Å². The minimum Gasteiger partial charge on any atom is -0.335 e. The predicted molar refractivity (Wildman–Crippen MR) is 141 cm³/mol. The molecule has 0 saturated heterocycles. The van der Waals surface area contributed by atoms with Crippen molar-refractivity contribution < 1.29 is 4.79 Å². The molecule has 0 atom stereocenters. The highest BCUT2D eigenvalue weighted by atomic mass is 32.1. The van der Waals surface area contributed by atoms with E-state index in [9.17, 15) is 4.79 Å². The van der Waals surface area contributed by atoms with Gasteiger partial charge in [-0.1, -0.05) is 13.3 Å². The maximum atomic E-state index is 12.2. The molecule has 0 aromatic carbocycles. The highest BCUT2D eigenvalue weighted by Crippen LogP contribution is 2.32. The van der Waals surface area contributed by atoms with Crippen LogP contribution < -0.4 is 5.32 Å². The van der Waals surface area contributed by atoms with Crippen molar-refractivity contribution in [3.8, 4) is 33.9 Å². The molecule has 3 N–H and O–H groups in total. The zero-order valence-corrected chi connectivity index (χ0v) is 20.3. The Morgan fingerprint density at radius 2 is 2.06 bits per heavy atom. The van der Waals surface area contributed by atoms with Gasteiger partial charge >= 0.3 is 0 Å². The van der Waals surface area contributed by atoms with E-state index in [-0.39, 0.29) is 5.91 Å². The van der Waals surface area contributed by atoms with E-state index in [2.05, 4.69) is 59.2 Å². The van der Waals surface area contributed by atoms with Crippen molar-refractivity contribution in [3.05, 3.63) is 59.8 Å². The SMILES string of the molecule is CCCCC(=O)Nc1cncc(-c2cc3c(-c4nc5nccc(-c6ccsc6)c5[nH]4)n[nH]c3cn2)c1. The Balaban J connectivity index is 1.37. The molecule has 178 valence electrons. The zero-order chi connectivity index (χ0) is 24.5. The maximum Gasteiger partial charge on any atom is 0.224 e. The van der Waals surface area contributed by atoms with E-state index >= 15 is 0 Å². The number of rotatable bonds is 7. The third-order valence-corrected chi connectivity index (χ3v) is 6.65. The monoisotopic (exact) mass is 494 g/mol. The first-order valence-corrected chi connectivity index (χ1v) is 12.6. The first-order valence-electron chi connectivity index (χ1n) is 11.7. The van der Waals surface area contributed by atoms with Gasteiger partial charge in [0, 0.05) is 35.3 Å². The fourth-order valence-electron chi connectivity index (χ4n) is 4.15. The van der Waals surface area contributed by atoms with Crippen LogP contribution in [-0.2, 0) is 4.79 Å². The number of unbranched alkanes of at least 4 members (excludes halogenated alkanes) is 1. The van der Waals surface area contributed by atoms with Gasteiger partial charge < -0.3 is 10.3 Å². The second-order valence-corrected chi connectivity index (χ2v) is 9.24. The summed E-state index contributed by atoms with van der Waals surface area (Å²) in [6.07, 6.45) is 9.20. The van der Waals surface area contributed by atoms with Gasteiger partial charge in [0.15, 0.2) is 11.5 Å². The number of fused-ring (bicyclic) bond motifs is 2. The Hall–Kier alpha value is -4.44. The summed E-state index contributed by atoms with van der Waals surface area (Å²) in [5.74, 6) is 0.607. The second kappa shape index (κ2) is 9.31. The van der Waals surface area contributed by atoms with E-state index < -0.39 is 0 Å². The molecule has 9 nitrogen and oxygen atoms in total. The topological polar surface area (TPSA) is 125 Å². The van der Waals surface area contributed by atoms with Crippen LogP contribution in [0.25, 0.3) is 56.0 Å². The summed E-state index contributed by atoms with van der Waals surface area (Å²) in [5.41, 5.74) is 7.30. The molecule has 0 aliphatic carbocycles. The largest absolute Gasteiger partial charge is 0.335 e. The average molecular weight is 495 g/mol. The van der Waals surface area contributed by atoms with Crippen molar-refractivity contribution >= 4 is 45.0 Å². The average Bonchev–Trinajstić information content (AvgIpc) is 3.66. The summed E-state index contributed by atoms with van der Waals surface area (Å²) in [5, 5.41) is 15.5. The number of anilines is 1. The molecular formula is C26H22N8OS. The number of imidazole rings is 1. The molecule has 0 bridgehead atoms. The normalized spacial score (nSPS) is 11.4. The van der Waals surface area contributed by atoms with Crippen LogP contribution in [0.1, 0.15) is 26.2 Å². The fourth-order valence-corrected chi connectivity index (χ4v) is 4.80. The Morgan fingerprint density at radius 3 is 2.92 bits per heavy atom. The number of nitrogens with one attached hydrogen (secondary N) is 3. The van der Waals surface area contributed by atoms with Crippen molar-refractivity contribution in [2.24, 2.45) is 0 Å². The third-order valence-electron chi connectivity index (χ3n) is 5.97. The standard InChI is InChI=1S/C26H22N8OS/c1-2-3-4-22(35)30-17-9-16(11-27-12-17)20-10-19-21(13-29-20)33-34-24(19)26-31-23-18(15-6-8-36-14-15)5-7-28-25(23)32-26/h5-14H,2-4H2,1H3,(H,30,35)(H,33,34)(H,28,31,32). The number of carbonyl (C=O) groups is 1. The maximum absolute atomic E-state index is 12.2. The van der Waals surface area contributed by atoms with Crippen LogP contribution in [0.15, 0.2) is 59.8 Å². The number of thiophene rings is 1. The summed E-state index contributed by atoms with van der Waals surface area (Å²) in [6.45, 7) is 2.06. The minimum absolute atomic E-state index is 0.0170. The first kappa shape index (κ1) is 22.1. The molecule has 6 rings (SSSR count). The van der Waals surface area contributed by atoms with Gasteiger partial charge in [0.1, 0.15) is 5.69 Å². The molecule has 0 saturated carbocycles. The van der Waals surface area contributed by atoms with Gasteiger partial charge in [-0.15, -0.1) is 0 Å². The number of carbonyl (C=O) groups excluding carboxylic acids is 1. The zero-order valence-electron chi connectivity index (χ0n) is 19.4. The quantitative estimate of drug-likeness (QED) is 0.257. The Morgan fingerprint density at radius 1 is 1.11 bits per heavy atom. The Kier molecular flexibility index (Phi) is 5.70. The van der Waals surface area contributed by atoms with E-state index in [1.807, 2.05) is 18.2 Å². The van der Waals surface area contributed by atoms with Crippen LogP contribution in [-0.4, -0.2) is 41.0 Å². The Labute approximate surface area is 210 Å². The van der Waals surface area contributed by atoms with Crippen LogP contribution in [0, 0.1) is 0 Å². The number of hydrogen-bond donors (Lipinski definition) is 3. The molecule has 0 aliphatic rings. The number of hydrogen-bond acceptors (Lipinski definition) is 7. The van der Waals surface area contributed by atoms with Gasteiger partial charge in [-0.05, 0) is 47.0 Å². The van der Waals surface area contributed by atoms with E-state index in [0.29, 0.717) is 29.3 Å². The molecule has 1 amide bonds. The van der Waals surface area contributed by atoms with Crippen molar-refractivity contribution in [1.82, 2.24) is 35.1 Å². The molecule has 6 aromatic rings. The number of nitrogens with zero attached hydrogens (tertiary/aromatic N) is 5. The van der Waals surface area contributed by atoms with E-state index in [0.717, 1.165) is 51.6 Å². The van der Waals surface area contributed by atoms with Crippen molar-refractivity contribution in [1.29, 1.82) is 0 Å². The fraction of sp³-hybridized carbons (Fsp3) is 0.154. The second-order valence-electron chi connectivity index (χ2n) is 8.46. The molecular weight excluding hydrogens is 472 g/mol. The van der Waals surface area contributed by atoms with Gasteiger partial charge in [-0.3, -0.25) is 19.9 Å². The number of H-pyrrole nitrogens is 2. The lowest BCUT2D eigenvalue weighted by Crippen LogP contribution is -2.11.